The van der Waals surface area contributed by atoms with Crippen LogP contribution in [0.4, 0.5) is 5.69 Å². The second-order valence-corrected chi connectivity index (χ2v) is 10.9. The Labute approximate surface area is 250 Å². The van der Waals surface area contributed by atoms with Gasteiger partial charge < -0.3 is 19.7 Å². The standard InChI is InChI=1S/C32H46N2O3S.BrH/c1-3-4-5-6-7-8-9-10-11-12-13-14-21-37-30-19-18-28(24-31(30)36-2)32(35)33-29-17-15-16-27(23-29)25-34-20-22-38-26-34;/h15-20,22-24H,3-14,21,25-26H2,1-2H3,(H,33,35);1H. The fourth-order valence-corrected chi connectivity index (χ4v) is 5.36. The van der Waals surface area contributed by atoms with Gasteiger partial charge in [-0.25, -0.2) is 0 Å². The van der Waals surface area contributed by atoms with Crippen LogP contribution in [-0.4, -0.2) is 30.4 Å². The topological polar surface area (TPSA) is 50.8 Å². The summed E-state index contributed by atoms with van der Waals surface area (Å²) in [5, 5.41) is 5.12. The van der Waals surface area contributed by atoms with Gasteiger partial charge >= 0.3 is 0 Å². The number of halogens is 1. The molecule has 0 aromatic heterocycles. The van der Waals surface area contributed by atoms with E-state index in [9.17, 15) is 4.79 Å². The Morgan fingerprint density at radius 3 is 2.23 bits per heavy atom. The smallest absolute Gasteiger partial charge is 0.255 e. The van der Waals surface area contributed by atoms with Gasteiger partial charge in [-0.15, -0.1) is 28.7 Å². The van der Waals surface area contributed by atoms with Crippen LogP contribution in [0.25, 0.3) is 0 Å². The van der Waals surface area contributed by atoms with Crippen molar-refractivity contribution in [3.05, 3.63) is 65.2 Å². The minimum Gasteiger partial charge on any atom is -0.493 e. The molecule has 0 atom stereocenters. The van der Waals surface area contributed by atoms with E-state index < -0.39 is 0 Å². The van der Waals surface area contributed by atoms with Gasteiger partial charge in [-0.3, -0.25) is 4.79 Å². The van der Waals surface area contributed by atoms with Crippen molar-refractivity contribution in [2.45, 2.75) is 90.5 Å². The molecule has 5 nitrogen and oxygen atoms in total. The lowest BCUT2D eigenvalue weighted by Crippen LogP contribution is -2.14. The Hall–Kier alpha value is -2.12. The molecule has 1 heterocycles. The van der Waals surface area contributed by atoms with E-state index in [2.05, 4.69) is 34.8 Å². The highest BCUT2D eigenvalue weighted by atomic mass is 79.9. The second kappa shape index (κ2) is 19.9. The van der Waals surface area contributed by atoms with Crippen LogP contribution in [0.2, 0.25) is 0 Å². The number of methoxy groups -OCH3 is 1. The molecule has 39 heavy (non-hydrogen) atoms. The zero-order chi connectivity index (χ0) is 26.8. The fraction of sp³-hybridized carbons (Fsp3) is 0.531. The van der Waals surface area contributed by atoms with Crippen LogP contribution in [0.1, 0.15) is 99.9 Å². The molecule has 2 aromatic rings. The molecule has 3 rings (SSSR count). The number of nitrogens with zero attached hydrogens (tertiary/aromatic N) is 1. The van der Waals surface area contributed by atoms with E-state index in [1.807, 2.05) is 24.3 Å². The Morgan fingerprint density at radius 2 is 1.59 bits per heavy atom. The maximum Gasteiger partial charge on any atom is 0.255 e. The summed E-state index contributed by atoms with van der Waals surface area (Å²) in [4.78, 5) is 15.1. The minimum absolute atomic E-state index is 0. The van der Waals surface area contributed by atoms with Gasteiger partial charge in [0, 0.05) is 24.0 Å². The molecule has 0 aliphatic carbocycles. The van der Waals surface area contributed by atoms with Crippen LogP contribution < -0.4 is 14.8 Å². The van der Waals surface area contributed by atoms with Gasteiger partial charge in [0.2, 0.25) is 0 Å². The van der Waals surface area contributed by atoms with Crippen molar-refractivity contribution in [3.63, 3.8) is 0 Å². The maximum absolute atomic E-state index is 12.9. The van der Waals surface area contributed by atoms with Crippen molar-refractivity contribution in [2.75, 3.05) is 24.9 Å². The highest BCUT2D eigenvalue weighted by molar-refractivity contribution is 8.93. The van der Waals surface area contributed by atoms with Crippen molar-refractivity contribution < 1.29 is 14.3 Å². The summed E-state index contributed by atoms with van der Waals surface area (Å²) in [6.07, 6.45) is 18.0. The number of anilines is 1. The fourth-order valence-electron chi connectivity index (χ4n) is 4.65. The molecule has 1 aliphatic rings. The van der Waals surface area contributed by atoms with Crippen molar-refractivity contribution in [1.82, 2.24) is 4.90 Å². The molecule has 7 heteroatoms. The number of benzene rings is 2. The van der Waals surface area contributed by atoms with Crippen molar-refractivity contribution in [1.29, 1.82) is 0 Å². The van der Waals surface area contributed by atoms with E-state index >= 15 is 0 Å². The van der Waals surface area contributed by atoms with E-state index in [1.165, 1.54) is 70.6 Å². The Kier molecular flexibility index (Phi) is 16.9. The van der Waals surface area contributed by atoms with Gasteiger partial charge in [-0.2, -0.15) is 0 Å². The largest absolute Gasteiger partial charge is 0.493 e. The van der Waals surface area contributed by atoms with Crippen molar-refractivity contribution in [2.24, 2.45) is 0 Å². The second-order valence-electron chi connectivity index (χ2n) is 10.1. The minimum atomic E-state index is -0.162. The SMILES string of the molecule is Br.CCCCCCCCCCCCCCOc1ccc(C(=O)Nc2cccc(CN3C=CSC3)c2)cc1OC. The molecular weight excluding hydrogens is 572 g/mol. The zero-order valence-electron chi connectivity index (χ0n) is 23.8. The van der Waals surface area contributed by atoms with Crippen LogP contribution in [0.15, 0.2) is 54.1 Å². The number of hydrogen-bond donors (Lipinski definition) is 1. The van der Waals surface area contributed by atoms with Crippen molar-refractivity contribution >= 4 is 40.3 Å². The number of thioether (sulfide) groups is 1. The van der Waals surface area contributed by atoms with Crippen LogP contribution in [0, 0.1) is 0 Å². The number of nitrogens with one attached hydrogen (secondary N) is 1. The van der Waals surface area contributed by atoms with Gasteiger partial charge in [0.05, 0.1) is 19.6 Å². The molecule has 0 spiro atoms. The molecule has 1 amide bonds. The number of carbonyl (C=O) groups excluding carboxylic acids is 1. The molecule has 0 unspecified atom stereocenters. The number of ether oxygens (including phenoxy) is 2. The number of carbonyl (C=O) groups is 1. The summed E-state index contributed by atoms with van der Waals surface area (Å²) in [5.41, 5.74) is 2.49. The summed E-state index contributed by atoms with van der Waals surface area (Å²) in [7, 11) is 1.61. The predicted molar refractivity (Wildman–Crippen MR) is 171 cm³/mol. The van der Waals surface area contributed by atoms with Crippen LogP contribution >= 0.6 is 28.7 Å². The first-order valence-corrected chi connectivity index (χ1v) is 15.5. The lowest BCUT2D eigenvalue weighted by atomic mass is 10.1. The number of hydrogen-bond acceptors (Lipinski definition) is 5. The van der Waals surface area contributed by atoms with Crippen LogP contribution in [0.5, 0.6) is 11.5 Å². The molecule has 0 radical (unpaired) electrons. The molecule has 0 saturated heterocycles. The summed E-state index contributed by atoms with van der Waals surface area (Å²) in [6.45, 7) is 3.76. The van der Waals surface area contributed by atoms with Gasteiger partial charge in [-0.05, 0) is 47.7 Å². The van der Waals surface area contributed by atoms with Gasteiger partial charge in [-0.1, -0.05) is 89.7 Å². The van der Waals surface area contributed by atoms with E-state index in [0.29, 0.717) is 23.7 Å². The van der Waals surface area contributed by atoms with Crippen LogP contribution in [-0.2, 0) is 6.54 Å². The number of unbranched alkanes of at least 4 members (excludes halogenated alkanes) is 11. The van der Waals surface area contributed by atoms with E-state index in [1.54, 1.807) is 31.0 Å². The van der Waals surface area contributed by atoms with E-state index in [4.69, 9.17) is 9.47 Å². The average molecular weight is 620 g/mol. The van der Waals surface area contributed by atoms with Gasteiger partial charge in [0.25, 0.3) is 5.91 Å². The third kappa shape index (κ3) is 12.7. The Bertz CT molecular complexity index is 1000. The lowest BCUT2D eigenvalue weighted by Gasteiger charge is -2.15. The molecule has 0 bridgehead atoms. The van der Waals surface area contributed by atoms with Gasteiger partial charge in [0.1, 0.15) is 0 Å². The predicted octanol–water partition coefficient (Wildman–Crippen LogP) is 9.58. The highest BCUT2D eigenvalue weighted by Crippen LogP contribution is 2.29. The first-order chi connectivity index (χ1) is 18.7. The third-order valence-electron chi connectivity index (χ3n) is 6.86. The molecular formula is C32H47BrN2O3S. The quantitative estimate of drug-likeness (QED) is 0.159. The van der Waals surface area contributed by atoms with Gasteiger partial charge in [0.15, 0.2) is 11.5 Å². The zero-order valence-corrected chi connectivity index (χ0v) is 26.3. The molecule has 0 fully saturated rings. The third-order valence-corrected chi connectivity index (χ3v) is 7.65. The summed E-state index contributed by atoms with van der Waals surface area (Å²) in [6, 6.07) is 13.4. The molecule has 1 N–H and O–H groups in total. The Morgan fingerprint density at radius 1 is 0.897 bits per heavy atom. The lowest BCUT2D eigenvalue weighted by molar-refractivity contribution is 0.102. The first kappa shape index (κ1) is 33.1. The normalized spacial score (nSPS) is 12.3. The van der Waals surface area contributed by atoms with Crippen molar-refractivity contribution in [3.8, 4) is 11.5 Å². The summed E-state index contributed by atoms with van der Waals surface area (Å²) >= 11 is 1.78. The van der Waals surface area contributed by atoms with E-state index in [-0.39, 0.29) is 22.9 Å². The molecule has 216 valence electrons. The first-order valence-electron chi connectivity index (χ1n) is 14.4. The highest BCUT2D eigenvalue weighted by Gasteiger charge is 2.13. The number of rotatable bonds is 19. The molecule has 1 aliphatic heterocycles. The maximum atomic E-state index is 12.9. The monoisotopic (exact) mass is 618 g/mol. The van der Waals surface area contributed by atoms with E-state index in [0.717, 1.165) is 30.1 Å². The number of amides is 1. The molecule has 0 saturated carbocycles. The summed E-state index contributed by atoms with van der Waals surface area (Å²) in [5.74, 6) is 2.07. The van der Waals surface area contributed by atoms with Crippen LogP contribution in [0.3, 0.4) is 0 Å². The molecule has 2 aromatic carbocycles. The summed E-state index contributed by atoms with van der Waals surface area (Å²) < 4.78 is 11.5. The Balaban J connectivity index is 0.00000533. The average Bonchev–Trinajstić information content (AvgIpc) is 3.44.